The smallest absolute Gasteiger partial charge is 0.303 e. The summed E-state index contributed by atoms with van der Waals surface area (Å²) in [5.74, 6) is -0.901. The number of hydrogen-bond acceptors (Lipinski definition) is 5. The summed E-state index contributed by atoms with van der Waals surface area (Å²) in [7, 11) is 0. The van der Waals surface area contributed by atoms with Crippen LogP contribution in [0.25, 0.3) is 0 Å². The van der Waals surface area contributed by atoms with Crippen molar-refractivity contribution >= 4 is 23.5 Å². The summed E-state index contributed by atoms with van der Waals surface area (Å²) in [6.45, 7) is 6.23. The predicted octanol–water partition coefficient (Wildman–Crippen LogP) is 4.30. The molecule has 2 aliphatic rings. The maximum atomic E-state index is 13.4. The van der Waals surface area contributed by atoms with E-state index in [1.54, 1.807) is 30.3 Å². The molecule has 4 rings (SSSR count). The fourth-order valence-electron chi connectivity index (χ4n) is 4.84. The minimum absolute atomic E-state index is 0.0252. The molecule has 1 heterocycles. The van der Waals surface area contributed by atoms with Crippen LogP contribution in [0.4, 0.5) is 5.69 Å². The van der Waals surface area contributed by atoms with E-state index in [1.807, 2.05) is 13.0 Å². The van der Waals surface area contributed by atoms with Crippen molar-refractivity contribution < 1.29 is 24.2 Å². The van der Waals surface area contributed by atoms with Gasteiger partial charge >= 0.3 is 5.97 Å². The van der Waals surface area contributed by atoms with Crippen LogP contribution in [0.5, 0.6) is 5.75 Å². The summed E-state index contributed by atoms with van der Waals surface area (Å²) in [4.78, 5) is 36.9. The maximum Gasteiger partial charge on any atom is 0.303 e. The molecule has 2 amide bonds. The number of anilines is 1. The largest absolute Gasteiger partial charge is 0.493 e. The SMILES string of the molecule is C=C(CC)NC(=O)c1ccc2c(c1)C1(CCO2)CC1C(=O)Nc1cc(C#N)ccc1CCCC(=O)O. The zero-order valence-electron chi connectivity index (χ0n) is 20.2. The first-order valence-electron chi connectivity index (χ1n) is 12.1. The number of carbonyl (C=O) groups is 3. The lowest BCUT2D eigenvalue weighted by Crippen LogP contribution is -2.28. The number of benzene rings is 2. The van der Waals surface area contributed by atoms with Crippen LogP contribution in [0.15, 0.2) is 48.7 Å². The molecule has 1 saturated carbocycles. The Morgan fingerprint density at radius 2 is 2.06 bits per heavy atom. The molecule has 0 radical (unpaired) electrons. The lowest BCUT2D eigenvalue weighted by atomic mass is 9.86. The van der Waals surface area contributed by atoms with Gasteiger partial charge in [0.2, 0.25) is 5.91 Å². The Labute approximate surface area is 210 Å². The van der Waals surface area contributed by atoms with Crippen LogP contribution in [0.1, 0.15) is 66.1 Å². The number of aliphatic carboxylic acids is 1. The first-order chi connectivity index (χ1) is 17.3. The molecule has 186 valence electrons. The van der Waals surface area contributed by atoms with Crippen LogP contribution >= 0.6 is 0 Å². The van der Waals surface area contributed by atoms with Crippen molar-refractivity contribution in [2.75, 3.05) is 11.9 Å². The van der Waals surface area contributed by atoms with Crippen molar-refractivity contribution in [1.29, 1.82) is 5.26 Å². The molecular weight excluding hydrogens is 458 g/mol. The standard InChI is InChI=1S/C28H29N3O5/c1-3-17(2)30-26(34)20-9-10-24-21(14-20)28(11-12-36-24)15-22(28)27(35)31-23-13-18(16-29)7-8-19(23)5-4-6-25(32)33/h7-10,13-14,22H,2-6,11-12,15H2,1H3,(H,30,34)(H,31,35)(H,32,33). The van der Waals surface area contributed by atoms with E-state index in [2.05, 4.69) is 23.3 Å². The lowest BCUT2D eigenvalue weighted by molar-refractivity contribution is -0.137. The van der Waals surface area contributed by atoms with Gasteiger partial charge < -0.3 is 20.5 Å². The topological polar surface area (TPSA) is 129 Å². The maximum absolute atomic E-state index is 13.4. The Hall–Kier alpha value is -4.12. The number of fused-ring (bicyclic) bond motifs is 2. The van der Waals surface area contributed by atoms with Gasteiger partial charge in [-0.05, 0) is 68.0 Å². The first kappa shape index (κ1) is 25.0. The van der Waals surface area contributed by atoms with Gasteiger partial charge in [-0.2, -0.15) is 5.26 Å². The number of hydrogen-bond donors (Lipinski definition) is 3. The molecule has 2 aromatic rings. The van der Waals surface area contributed by atoms with Gasteiger partial charge in [0.25, 0.3) is 5.91 Å². The highest BCUT2D eigenvalue weighted by molar-refractivity contribution is 5.98. The molecule has 2 atom stereocenters. The van der Waals surface area contributed by atoms with Crippen LogP contribution in [0, 0.1) is 17.2 Å². The number of carboxylic acids is 1. The van der Waals surface area contributed by atoms with Gasteiger partial charge in [0.05, 0.1) is 18.2 Å². The van der Waals surface area contributed by atoms with Crippen LogP contribution in [-0.4, -0.2) is 29.5 Å². The highest BCUT2D eigenvalue weighted by Gasteiger charge is 2.61. The van der Waals surface area contributed by atoms with Gasteiger partial charge in [-0.1, -0.05) is 19.6 Å². The van der Waals surface area contributed by atoms with Gasteiger partial charge in [-0.15, -0.1) is 0 Å². The third-order valence-corrected chi connectivity index (χ3v) is 7.03. The Morgan fingerprint density at radius 1 is 1.25 bits per heavy atom. The second kappa shape index (κ2) is 10.2. The molecule has 1 spiro atoms. The Balaban J connectivity index is 1.54. The number of nitrogens with one attached hydrogen (secondary N) is 2. The minimum atomic E-state index is -0.876. The molecule has 0 saturated heterocycles. The molecule has 8 nitrogen and oxygen atoms in total. The van der Waals surface area contributed by atoms with Gasteiger partial charge in [-0.3, -0.25) is 14.4 Å². The molecule has 2 unspecified atom stereocenters. The lowest BCUT2D eigenvalue weighted by Gasteiger charge is -2.27. The van der Waals surface area contributed by atoms with E-state index in [9.17, 15) is 19.6 Å². The second-order valence-corrected chi connectivity index (χ2v) is 9.35. The van der Waals surface area contributed by atoms with E-state index in [1.165, 1.54) is 0 Å². The number of amides is 2. The van der Waals surface area contributed by atoms with Crippen molar-refractivity contribution in [3.63, 3.8) is 0 Å². The highest BCUT2D eigenvalue weighted by Crippen LogP contribution is 2.61. The Bertz CT molecular complexity index is 1280. The third kappa shape index (κ3) is 5.10. The van der Waals surface area contributed by atoms with Gasteiger partial charge in [0.15, 0.2) is 0 Å². The first-order valence-corrected chi connectivity index (χ1v) is 12.1. The molecule has 3 N–H and O–H groups in total. The summed E-state index contributed by atoms with van der Waals surface area (Å²) in [5.41, 5.74) is 3.31. The number of nitrogens with zero attached hydrogens (tertiary/aromatic N) is 1. The summed E-state index contributed by atoms with van der Waals surface area (Å²) in [5, 5.41) is 24.0. The van der Waals surface area contributed by atoms with E-state index in [0.717, 1.165) is 11.1 Å². The van der Waals surface area contributed by atoms with Gasteiger partial charge in [0.1, 0.15) is 5.75 Å². The summed E-state index contributed by atoms with van der Waals surface area (Å²) in [6.07, 6.45) is 2.86. The summed E-state index contributed by atoms with van der Waals surface area (Å²) < 4.78 is 5.83. The number of rotatable bonds is 9. The molecule has 0 aromatic heterocycles. The number of carboxylic acid groups (broad SMARTS) is 1. The molecule has 0 bridgehead atoms. The van der Waals surface area contributed by atoms with Gasteiger partial charge in [-0.25, -0.2) is 0 Å². The molecule has 36 heavy (non-hydrogen) atoms. The van der Waals surface area contributed by atoms with Crippen molar-refractivity contribution in [3.8, 4) is 11.8 Å². The van der Waals surface area contributed by atoms with Crippen molar-refractivity contribution in [2.24, 2.45) is 5.92 Å². The average Bonchev–Trinajstić information content (AvgIpc) is 3.59. The minimum Gasteiger partial charge on any atom is -0.493 e. The van der Waals surface area contributed by atoms with Crippen LogP contribution < -0.4 is 15.4 Å². The fourth-order valence-corrected chi connectivity index (χ4v) is 4.84. The zero-order chi connectivity index (χ0) is 25.9. The molecule has 8 heteroatoms. The zero-order valence-corrected chi connectivity index (χ0v) is 20.2. The average molecular weight is 488 g/mol. The fraction of sp³-hybridized carbons (Fsp3) is 0.357. The van der Waals surface area contributed by atoms with E-state index < -0.39 is 11.4 Å². The number of allylic oxidation sites excluding steroid dienone is 1. The molecule has 1 aliphatic heterocycles. The normalized spacial score (nSPS) is 19.4. The van der Waals surface area contributed by atoms with E-state index in [-0.39, 0.29) is 24.2 Å². The monoisotopic (exact) mass is 487 g/mol. The number of carbonyl (C=O) groups excluding carboxylic acids is 2. The Morgan fingerprint density at radius 3 is 2.78 bits per heavy atom. The highest BCUT2D eigenvalue weighted by atomic mass is 16.5. The van der Waals surface area contributed by atoms with Crippen molar-refractivity contribution in [3.05, 3.63) is 70.9 Å². The molecule has 1 fully saturated rings. The van der Waals surface area contributed by atoms with E-state index >= 15 is 0 Å². The molecule has 2 aromatic carbocycles. The number of aryl methyl sites for hydroxylation is 1. The third-order valence-electron chi connectivity index (χ3n) is 7.03. The number of ether oxygens (including phenoxy) is 1. The summed E-state index contributed by atoms with van der Waals surface area (Å²) in [6, 6.07) is 12.4. The molecule has 1 aliphatic carbocycles. The van der Waals surface area contributed by atoms with Crippen LogP contribution in [0.2, 0.25) is 0 Å². The predicted molar refractivity (Wildman–Crippen MR) is 134 cm³/mol. The van der Waals surface area contributed by atoms with E-state index in [0.29, 0.717) is 67.0 Å². The summed E-state index contributed by atoms with van der Waals surface area (Å²) >= 11 is 0. The second-order valence-electron chi connectivity index (χ2n) is 9.35. The quantitative estimate of drug-likeness (QED) is 0.484. The number of nitriles is 1. The van der Waals surface area contributed by atoms with Crippen LogP contribution in [-0.2, 0) is 21.4 Å². The van der Waals surface area contributed by atoms with Crippen molar-refractivity contribution in [2.45, 2.75) is 50.9 Å². The van der Waals surface area contributed by atoms with Crippen molar-refractivity contribution in [1.82, 2.24) is 5.32 Å². The van der Waals surface area contributed by atoms with E-state index in [4.69, 9.17) is 9.84 Å². The van der Waals surface area contributed by atoms with Gasteiger partial charge in [0, 0.05) is 40.3 Å². The van der Waals surface area contributed by atoms with Crippen LogP contribution in [0.3, 0.4) is 0 Å². The Kier molecular flexibility index (Phi) is 7.11. The molecular formula is C28H29N3O5.